The normalized spacial score (nSPS) is 15.5. The number of rotatable bonds is 5. The van der Waals surface area contributed by atoms with Gasteiger partial charge in [-0.2, -0.15) is 4.31 Å². The molecule has 1 fully saturated rings. The number of hydrogen-bond acceptors (Lipinski definition) is 4. The zero-order valence-electron chi connectivity index (χ0n) is 15.6. The predicted molar refractivity (Wildman–Crippen MR) is 105 cm³/mol. The van der Waals surface area contributed by atoms with Gasteiger partial charge in [-0.1, -0.05) is 18.2 Å². The van der Waals surface area contributed by atoms with Crippen LogP contribution in [0.25, 0.3) is 0 Å². The molecule has 0 saturated carbocycles. The maximum Gasteiger partial charge on any atom is 0.258 e. The van der Waals surface area contributed by atoms with Gasteiger partial charge in [0.25, 0.3) is 5.91 Å². The number of para-hydroxylation sites is 1. The van der Waals surface area contributed by atoms with Crippen molar-refractivity contribution in [2.45, 2.75) is 18.7 Å². The number of nitrogens with zero attached hydrogens (tertiary/aromatic N) is 2. The third-order valence-corrected chi connectivity index (χ3v) is 6.59. The molecule has 1 heterocycles. The number of sulfonamides is 1. The van der Waals surface area contributed by atoms with E-state index in [1.807, 2.05) is 38.1 Å². The highest BCUT2D eigenvalue weighted by Gasteiger charge is 2.26. The van der Waals surface area contributed by atoms with E-state index in [4.69, 9.17) is 4.74 Å². The molecule has 0 spiro atoms. The van der Waals surface area contributed by atoms with Crippen molar-refractivity contribution in [2.24, 2.45) is 0 Å². The molecule has 1 saturated heterocycles. The van der Waals surface area contributed by atoms with Crippen LogP contribution in [0.4, 0.5) is 5.69 Å². The van der Waals surface area contributed by atoms with Gasteiger partial charge in [0.1, 0.15) is 0 Å². The molecular formula is C20H24N2O4S. The van der Waals surface area contributed by atoms with E-state index in [1.165, 1.54) is 16.4 Å². The van der Waals surface area contributed by atoms with Crippen molar-refractivity contribution in [3.8, 4) is 0 Å². The first-order valence-electron chi connectivity index (χ1n) is 9.00. The minimum absolute atomic E-state index is 0.151. The number of carbonyl (C=O) groups excluding carboxylic acids is 1. The van der Waals surface area contributed by atoms with Crippen LogP contribution in [0.15, 0.2) is 53.4 Å². The molecule has 1 aliphatic rings. The van der Waals surface area contributed by atoms with Gasteiger partial charge in [0.15, 0.2) is 0 Å². The summed E-state index contributed by atoms with van der Waals surface area (Å²) in [5.74, 6) is -0.151. The van der Waals surface area contributed by atoms with E-state index in [0.717, 1.165) is 11.3 Å². The number of benzene rings is 2. The summed E-state index contributed by atoms with van der Waals surface area (Å²) in [5.41, 5.74) is 2.33. The van der Waals surface area contributed by atoms with Crippen LogP contribution in [-0.2, 0) is 14.8 Å². The molecule has 0 unspecified atom stereocenters. The number of hydrogen-bond donors (Lipinski definition) is 0. The molecule has 0 radical (unpaired) electrons. The van der Waals surface area contributed by atoms with Gasteiger partial charge in [0, 0.05) is 30.9 Å². The number of amides is 1. The summed E-state index contributed by atoms with van der Waals surface area (Å²) in [6.45, 7) is 5.90. The van der Waals surface area contributed by atoms with Crippen LogP contribution in [0.2, 0.25) is 0 Å². The minimum atomic E-state index is -3.56. The van der Waals surface area contributed by atoms with Gasteiger partial charge in [-0.25, -0.2) is 8.42 Å². The Kier molecular flexibility index (Phi) is 5.94. The van der Waals surface area contributed by atoms with Crippen molar-refractivity contribution < 1.29 is 17.9 Å². The Morgan fingerprint density at radius 3 is 2.30 bits per heavy atom. The molecule has 0 atom stereocenters. The second-order valence-electron chi connectivity index (χ2n) is 6.38. The maximum absolute atomic E-state index is 12.9. The molecule has 27 heavy (non-hydrogen) atoms. The van der Waals surface area contributed by atoms with Gasteiger partial charge < -0.3 is 9.64 Å². The van der Waals surface area contributed by atoms with Gasteiger partial charge in [0.05, 0.1) is 18.1 Å². The zero-order chi connectivity index (χ0) is 19.4. The molecule has 1 aliphatic heterocycles. The Hall–Kier alpha value is -2.22. The lowest BCUT2D eigenvalue weighted by Crippen LogP contribution is -2.40. The van der Waals surface area contributed by atoms with Crippen LogP contribution in [0.5, 0.6) is 0 Å². The van der Waals surface area contributed by atoms with E-state index < -0.39 is 10.0 Å². The van der Waals surface area contributed by atoms with Gasteiger partial charge in [-0.15, -0.1) is 0 Å². The summed E-state index contributed by atoms with van der Waals surface area (Å²) in [6.07, 6.45) is 0. The van der Waals surface area contributed by atoms with Crippen molar-refractivity contribution in [3.05, 3.63) is 59.7 Å². The zero-order valence-corrected chi connectivity index (χ0v) is 16.4. The molecule has 0 N–H and O–H groups in total. The second kappa shape index (κ2) is 8.21. The minimum Gasteiger partial charge on any atom is -0.379 e. The van der Waals surface area contributed by atoms with E-state index in [-0.39, 0.29) is 10.8 Å². The number of aryl methyl sites for hydroxylation is 1. The molecular weight excluding hydrogens is 364 g/mol. The van der Waals surface area contributed by atoms with E-state index in [2.05, 4.69) is 0 Å². The molecule has 6 nitrogen and oxygen atoms in total. The van der Waals surface area contributed by atoms with E-state index in [1.54, 1.807) is 17.0 Å². The maximum atomic E-state index is 12.9. The number of anilines is 1. The van der Waals surface area contributed by atoms with Crippen molar-refractivity contribution in [2.75, 3.05) is 37.7 Å². The SMILES string of the molecule is CCN(C(=O)c1ccc(S(=O)(=O)N2CCOCC2)cc1)c1ccccc1C. The molecule has 144 valence electrons. The molecule has 2 aromatic carbocycles. The van der Waals surface area contributed by atoms with Crippen LogP contribution in [-0.4, -0.2) is 51.5 Å². The van der Waals surface area contributed by atoms with Crippen LogP contribution in [0.3, 0.4) is 0 Å². The number of morpholine rings is 1. The van der Waals surface area contributed by atoms with E-state index in [0.29, 0.717) is 38.4 Å². The van der Waals surface area contributed by atoms with Crippen molar-refractivity contribution in [1.82, 2.24) is 4.31 Å². The molecule has 3 rings (SSSR count). The predicted octanol–water partition coefficient (Wildman–Crippen LogP) is 2.68. The highest BCUT2D eigenvalue weighted by atomic mass is 32.2. The fraction of sp³-hybridized carbons (Fsp3) is 0.350. The largest absolute Gasteiger partial charge is 0.379 e. The average Bonchev–Trinajstić information content (AvgIpc) is 2.70. The van der Waals surface area contributed by atoms with Crippen LogP contribution in [0.1, 0.15) is 22.8 Å². The molecule has 1 amide bonds. The lowest BCUT2D eigenvalue weighted by Gasteiger charge is -2.26. The van der Waals surface area contributed by atoms with Gasteiger partial charge in [0.2, 0.25) is 10.0 Å². The third kappa shape index (κ3) is 4.05. The quantitative estimate of drug-likeness (QED) is 0.790. The summed E-state index contributed by atoms with van der Waals surface area (Å²) in [6, 6.07) is 13.9. The summed E-state index contributed by atoms with van der Waals surface area (Å²) < 4.78 is 32.0. The monoisotopic (exact) mass is 388 g/mol. The highest BCUT2D eigenvalue weighted by molar-refractivity contribution is 7.89. The topological polar surface area (TPSA) is 66.9 Å². The lowest BCUT2D eigenvalue weighted by molar-refractivity contribution is 0.0730. The standard InChI is InChI=1S/C20H24N2O4S/c1-3-22(19-7-5-4-6-16(19)2)20(23)17-8-10-18(11-9-17)27(24,25)21-12-14-26-15-13-21/h4-11H,3,12-15H2,1-2H3. The highest BCUT2D eigenvalue weighted by Crippen LogP contribution is 2.23. The Bertz CT molecular complexity index is 904. The molecule has 0 bridgehead atoms. The van der Waals surface area contributed by atoms with Gasteiger partial charge >= 0.3 is 0 Å². The molecule has 2 aromatic rings. The van der Waals surface area contributed by atoms with Crippen LogP contribution >= 0.6 is 0 Å². The van der Waals surface area contributed by atoms with Crippen LogP contribution < -0.4 is 4.90 Å². The molecule has 0 aromatic heterocycles. The Morgan fingerprint density at radius 1 is 1.07 bits per heavy atom. The first-order valence-corrected chi connectivity index (χ1v) is 10.4. The third-order valence-electron chi connectivity index (χ3n) is 4.68. The molecule has 0 aliphatic carbocycles. The number of carbonyl (C=O) groups is 1. The smallest absolute Gasteiger partial charge is 0.258 e. The fourth-order valence-corrected chi connectivity index (χ4v) is 4.56. The second-order valence-corrected chi connectivity index (χ2v) is 8.31. The summed E-state index contributed by atoms with van der Waals surface area (Å²) in [4.78, 5) is 14.8. The van der Waals surface area contributed by atoms with E-state index >= 15 is 0 Å². The summed E-state index contributed by atoms with van der Waals surface area (Å²) in [5, 5.41) is 0. The van der Waals surface area contributed by atoms with Gasteiger partial charge in [-0.3, -0.25) is 4.79 Å². The summed E-state index contributed by atoms with van der Waals surface area (Å²) in [7, 11) is -3.56. The Labute approximate surface area is 160 Å². The van der Waals surface area contributed by atoms with Crippen LogP contribution in [0, 0.1) is 6.92 Å². The average molecular weight is 388 g/mol. The Balaban J connectivity index is 1.84. The summed E-state index contributed by atoms with van der Waals surface area (Å²) >= 11 is 0. The Morgan fingerprint density at radius 2 is 1.70 bits per heavy atom. The molecule has 7 heteroatoms. The lowest BCUT2D eigenvalue weighted by atomic mass is 10.1. The number of ether oxygens (including phenoxy) is 1. The fourth-order valence-electron chi connectivity index (χ4n) is 3.15. The van der Waals surface area contributed by atoms with Crippen molar-refractivity contribution in [1.29, 1.82) is 0 Å². The first-order chi connectivity index (χ1) is 12.9. The van der Waals surface area contributed by atoms with Crippen molar-refractivity contribution >= 4 is 21.6 Å². The van der Waals surface area contributed by atoms with Crippen molar-refractivity contribution in [3.63, 3.8) is 0 Å². The van der Waals surface area contributed by atoms with E-state index in [9.17, 15) is 13.2 Å². The first kappa shape index (κ1) is 19.5. The van der Waals surface area contributed by atoms with Gasteiger partial charge in [-0.05, 0) is 49.7 Å².